The molecule has 1 aromatic heterocycles. The van der Waals surface area contributed by atoms with Crippen LogP contribution in [0.1, 0.15) is 10.4 Å². The molecule has 0 aliphatic carbocycles. The fraction of sp³-hybridized carbons (Fsp3) is 0. The van der Waals surface area contributed by atoms with Gasteiger partial charge in [0.15, 0.2) is 6.33 Å². The maximum Gasteiger partial charge on any atom is 0.248 e. The minimum absolute atomic E-state index is 0.364. The Hall–Kier alpha value is -1.64. The van der Waals surface area contributed by atoms with E-state index in [0.29, 0.717) is 17.0 Å². The molecule has 16 heavy (non-hydrogen) atoms. The van der Waals surface area contributed by atoms with Gasteiger partial charge in [-0.15, -0.1) is 20.4 Å². The van der Waals surface area contributed by atoms with Crippen LogP contribution in [0.3, 0.4) is 0 Å². The van der Waals surface area contributed by atoms with Gasteiger partial charge in [0, 0.05) is 14.7 Å². The van der Waals surface area contributed by atoms with Crippen molar-refractivity contribution >= 4 is 28.5 Å². The van der Waals surface area contributed by atoms with Crippen molar-refractivity contribution in [1.82, 2.24) is 20.4 Å². The molecule has 0 fully saturated rings. The average molecular weight is 327 g/mol. The number of benzene rings is 1. The standard InChI is InChI=1S/C9H6IN5O/c10-7-2-5(8(11)16)1-6(3-7)9-14-12-4-13-15-9/h1-4H,(H2,11,16). The third-order valence-electron chi connectivity index (χ3n) is 1.85. The summed E-state index contributed by atoms with van der Waals surface area (Å²) < 4.78 is 0.872. The van der Waals surface area contributed by atoms with Gasteiger partial charge in [-0.05, 0) is 40.8 Å². The van der Waals surface area contributed by atoms with E-state index in [1.54, 1.807) is 12.1 Å². The Morgan fingerprint density at radius 2 is 1.88 bits per heavy atom. The molecule has 1 amide bonds. The van der Waals surface area contributed by atoms with Gasteiger partial charge in [-0.2, -0.15) is 0 Å². The summed E-state index contributed by atoms with van der Waals surface area (Å²) in [5.41, 5.74) is 6.29. The summed E-state index contributed by atoms with van der Waals surface area (Å²) in [5, 5.41) is 14.9. The van der Waals surface area contributed by atoms with Crippen molar-refractivity contribution < 1.29 is 4.79 Å². The molecule has 0 spiro atoms. The molecule has 0 aliphatic heterocycles. The van der Waals surface area contributed by atoms with E-state index in [1.165, 1.54) is 6.33 Å². The summed E-state index contributed by atoms with van der Waals surface area (Å²) in [6.45, 7) is 0. The van der Waals surface area contributed by atoms with E-state index in [-0.39, 0.29) is 0 Å². The van der Waals surface area contributed by atoms with Crippen LogP contribution >= 0.6 is 22.6 Å². The maximum absolute atomic E-state index is 11.1. The average Bonchev–Trinajstić information content (AvgIpc) is 2.29. The predicted octanol–water partition coefficient (Wildman–Crippen LogP) is 0.637. The van der Waals surface area contributed by atoms with Crippen LogP contribution < -0.4 is 5.73 Å². The molecular weight excluding hydrogens is 321 g/mol. The van der Waals surface area contributed by atoms with E-state index in [0.717, 1.165) is 3.57 Å². The Morgan fingerprint density at radius 1 is 1.19 bits per heavy atom. The molecular formula is C9H6IN5O. The molecule has 2 N–H and O–H groups in total. The van der Waals surface area contributed by atoms with Crippen LogP contribution in [-0.4, -0.2) is 26.3 Å². The topological polar surface area (TPSA) is 94.7 Å². The van der Waals surface area contributed by atoms with Gasteiger partial charge in [-0.1, -0.05) is 0 Å². The quantitative estimate of drug-likeness (QED) is 0.817. The SMILES string of the molecule is NC(=O)c1cc(I)cc(-c2nncnn2)c1. The fourth-order valence-corrected chi connectivity index (χ4v) is 1.85. The first-order chi connectivity index (χ1) is 7.66. The number of carbonyl (C=O) groups excluding carboxylic acids is 1. The van der Waals surface area contributed by atoms with E-state index in [1.807, 2.05) is 6.07 Å². The molecule has 1 aromatic carbocycles. The first-order valence-electron chi connectivity index (χ1n) is 4.28. The minimum atomic E-state index is -0.489. The summed E-state index contributed by atoms with van der Waals surface area (Å²) >= 11 is 2.09. The highest BCUT2D eigenvalue weighted by atomic mass is 127. The molecule has 0 bridgehead atoms. The van der Waals surface area contributed by atoms with E-state index >= 15 is 0 Å². The zero-order chi connectivity index (χ0) is 11.5. The van der Waals surface area contributed by atoms with Crippen LogP contribution in [0.5, 0.6) is 0 Å². The smallest absolute Gasteiger partial charge is 0.248 e. The number of halogens is 1. The summed E-state index contributed by atoms with van der Waals surface area (Å²) in [6.07, 6.45) is 1.24. The van der Waals surface area contributed by atoms with Crippen molar-refractivity contribution in [3.8, 4) is 11.4 Å². The first-order valence-corrected chi connectivity index (χ1v) is 5.36. The van der Waals surface area contributed by atoms with Crippen LogP contribution in [0.15, 0.2) is 24.5 Å². The number of amides is 1. The Morgan fingerprint density at radius 3 is 2.50 bits per heavy atom. The first kappa shape index (κ1) is 10.9. The highest BCUT2D eigenvalue weighted by Gasteiger charge is 2.08. The van der Waals surface area contributed by atoms with Crippen LogP contribution in [0.4, 0.5) is 0 Å². The lowest BCUT2D eigenvalue weighted by Gasteiger charge is -2.01. The Bertz CT molecular complexity index is 531. The van der Waals surface area contributed by atoms with Crippen molar-refractivity contribution in [3.63, 3.8) is 0 Å². The van der Waals surface area contributed by atoms with Gasteiger partial charge in [-0.3, -0.25) is 4.79 Å². The Labute approximate surface area is 104 Å². The molecule has 0 atom stereocenters. The lowest BCUT2D eigenvalue weighted by Crippen LogP contribution is -2.11. The minimum Gasteiger partial charge on any atom is -0.366 e. The number of rotatable bonds is 2. The van der Waals surface area contributed by atoms with Crippen LogP contribution in [-0.2, 0) is 0 Å². The Balaban J connectivity index is 2.54. The molecule has 0 saturated carbocycles. The summed E-state index contributed by atoms with van der Waals surface area (Å²) in [5.74, 6) is -0.125. The zero-order valence-electron chi connectivity index (χ0n) is 7.96. The lowest BCUT2D eigenvalue weighted by molar-refractivity contribution is 0.100. The van der Waals surface area contributed by atoms with Gasteiger partial charge in [0.1, 0.15) is 0 Å². The fourth-order valence-electron chi connectivity index (χ4n) is 1.18. The van der Waals surface area contributed by atoms with Crippen LogP contribution in [0.25, 0.3) is 11.4 Å². The molecule has 0 radical (unpaired) electrons. The number of hydrogen-bond acceptors (Lipinski definition) is 5. The molecule has 6 nitrogen and oxygen atoms in total. The molecule has 7 heteroatoms. The highest BCUT2D eigenvalue weighted by Crippen LogP contribution is 2.19. The second-order valence-corrected chi connectivity index (χ2v) is 4.21. The number of primary amides is 1. The van der Waals surface area contributed by atoms with Gasteiger partial charge >= 0.3 is 0 Å². The van der Waals surface area contributed by atoms with Crippen molar-refractivity contribution in [2.75, 3.05) is 0 Å². The highest BCUT2D eigenvalue weighted by molar-refractivity contribution is 14.1. The molecule has 2 rings (SSSR count). The van der Waals surface area contributed by atoms with Crippen molar-refractivity contribution in [1.29, 1.82) is 0 Å². The van der Waals surface area contributed by atoms with Crippen molar-refractivity contribution in [3.05, 3.63) is 33.7 Å². The summed E-state index contributed by atoms with van der Waals surface area (Å²) in [6, 6.07) is 5.13. The van der Waals surface area contributed by atoms with Gasteiger partial charge in [0.2, 0.25) is 11.7 Å². The number of aromatic nitrogens is 4. The van der Waals surface area contributed by atoms with E-state index < -0.39 is 5.91 Å². The third-order valence-corrected chi connectivity index (χ3v) is 2.47. The lowest BCUT2D eigenvalue weighted by atomic mass is 10.1. The van der Waals surface area contributed by atoms with Crippen LogP contribution in [0, 0.1) is 3.57 Å². The summed E-state index contributed by atoms with van der Waals surface area (Å²) in [4.78, 5) is 11.1. The zero-order valence-corrected chi connectivity index (χ0v) is 10.1. The molecule has 2 aromatic rings. The predicted molar refractivity (Wildman–Crippen MR) is 64.3 cm³/mol. The van der Waals surface area contributed by atoms with E-state index in [2.05, 4.69) is 43.0 Å². The Kier molecular flexibility index (Phi) is 3.04. The number of carbonyl (C=O) groups is 1. The van der Waals surface area contributed by atoms with Gasteiger partial charge in [-0.25, -0.2) is 0 Å². The van der Waals surface area contributed by atoms with Gasteiger partial charge in [0.25, 0.3) is 0 Å². The van der Waals surface area contributed by atoms with Crippen molar-refractivity contribution in [2.24, 2.45) is 5.73 Å². The van der Waals surface area contributed by atoms with Crippen LogP contribution in [0.2, 0.25) is 0 Å². The molecule has 80 valence electrons. The third kappa shape index (κ3) is 2.30. The molecule has 0 saturated heterocycles. The van der Waals surface area contributed by atoms with Gasteiger partial charge < -0.3 is 5.73 Å². The second-order valence-electron chi connectivity index (χ2n) is 2.96. The number of nitrogens with zero attached hydrogens (tertiary/aromatic N) is 4. The summed E-state index contributed by atoms with van der Waals surface area (Å²) in [7, 11) is 0. The monoisotopic (exact) mass is 327 g/mol. The number of nitrogens with two attached hydrogens (primary N) is 1. The molecule has 0 unspecified atom stereocenters. The molecule has 1 heterocycles. The van der Waals surface area contributed by atoms with Gasteiger partial charge in [0.05, 0.1) is 0 Å². The number of hydrogen-bond donors (Lipinski definition) is 1. The molecule has 0 aliphatic rings. The van der Waals surface area contributed by atoms with Crippen molar-refractivity contribution in [2.45, 2.75) is 0 Å². The second kappa shape index (κ2) is 4.47. The maximum atomic E-state index is 11.1. The largest absolute Gasteiger partial charge is 0.366 e. The van der Waals surface area contributed by atoms with E-state index in [4.69, 9.17) is 5.73 Å². The van der Waals surface area contributed by atoms with E-state index in [9.17, 15) is 4.79 Å². The normalized spacial score (nSPS) is 10.1.